The first-order chi connectivity index (χ1) is 18.8. The number of nitrogens with zero attached hydrogens (tertiary/aromatic N) is 4. The molecular weight excluding hydrogens is 510 g/mol. The molecular formula is C27H26F2N6O4. The van der Waals surface area contributed by atoms with Gasteiger partial charge in [0.05, 0.1) is 32.1 Å². The number of halogens is 2. The summed E-state index contributed by atoms with van der Waals surface area (Å²) in [5, 5.41) is 5.78. The number of nitrogens with one attached hydrogen (secondary N) is 2. The lowest BCUT2D eigenvalue weighted by Gasteiger charge is -2.36. The summed E-state index contributed by atoms with van der Waals surface area (Å²) in [6.45, 7) is 3.61. The van der Waals surface area contributed by atoms with Crippen LogP contribution in [0.2, 0.25) is 0 Å². The minimum absolute atomic E-state index is 0.175. The highest BCUT2D eigenvalue weighted by molar-refractivity contribution is 6.06. The van der Waals surface area contributed by atoms with Gasteiger partial charge < -0.3 is 20.1 Å². The van der Waals surface area contributed by atoms with E-state index in [0.29, 0.717) is 29.3 Å². The molecule has 2 N–H and O–H groups in total. The molecule has 0 radical (unpaired) electrons. The van der Waals surface area contributed by atoms with E-state index in [1.165, 1.54) is 25.3 Å². The summed E-state index contributed by atoms with van der Waals surface area (Å²) in [5.41, 5.74) is 0.933. The Morgan fingerprint density at radius 1 is 1.15 bits per heavy atom. The van der Waals surface area contributed by atoms with Crippen LogP contribution in [0.25, 0.3) is 0 Å². The number of carbonyl (C=O) groups excluding carboxylic acids is 2. The molecule has 39 heavy (non-hydrogen) atoms. The van der Waals surface area contributed by atoms with Gasteiger partial charge in [-0.25, -0.2) is 18.6 Å². The van der Waals surface area contributed by atoms with Gasteiger partial charge in [-0.05, 0) is 37.0 Å². The molecule has 12 heteroatoms. The first kappa shape index (κ1) is 25.9. The zero-order valence-corrected chi connectivity index (χ0v) is 21.3. The molecule has 2 aliphatic rings. The lowest BCUT2D eigenvalue weighted by atomic mass is 10.1. The second kappa shape index (κ2) is 10.6. The van der Waals surface area contributed by atoms with Crippen molar-refractivity contribution < 1.29 is 27.8 Å². The number of carbonyl (C=O) groups is 2. The molecule has 0 unspecified atom stereocenters. The number of hydrogen-bond acceptors (Lipinski definition) is 7. The van der Waals surface area contributed by atoms with E-state index < -0.39 is 23.4 Å². The average molecular weight is 537 g/mol. The zero-order chi connectivity index (χ0) is 27.7. The van der Waals surface area contributed by atoms with E-state index in [1.807, 2.05) is 0 Å². The third kappa shape index (κ3) is 5.05. The van der Waals surface area contributed by atoms with E-state index in [-0.39, 0.29) is 35.8 Å². The van der Waals surface area contributed by atoms with Gasteiger partial charge in [0.1, 0.15) is 11.5 Å². The Hall–Kier alpha value is -4.74. The predicted octanol–water partition coefficient (Wildman–Crippen LogP) is 5.00. The standard InChI is InChI=1S/C27H26F2N6O4/c1-4-21(36)31-17-7-5-6-8-18(17)32-26-30-12-16-14-34(27(37)35(25(16)33-26)13-15-9-10-15)24-22(28)19(38-2)11-20(39-3)23(24)29/h4-8,11-12,15H,1,9-10,13-14H2,2-3H3,(H,31,36)(H,30,32,33). The molecule has 1 fully saturated rings. The molecule has 1 aromatic heterocycles. The molecule has 5 rings (SSSR count). The number of benzene rings is 2. The summed E-state index contributed by atoms with van der Waals surface area (Å²) in [7, 11) is 2.49. The van der Waals surface area contributed by atoms with Crippen molar-refractivity contribution in [3.63, 3.8) is 0 Å². The van der Waals surface area contributed by atoms with Crippen molar-refractivity contribution in [2.24, 2.45) is 5.92 Å². The molecule has 2 aromatic carbocycles. The third-order valence-corrected chi connectivity index (χ3v) is 6.46. The number of para-hydroxylation sites is 2. The molecule has 0 saturated heterocycles. The van der Waals surface area contributed by atoms with Crippen LogP contribution in [-0.2, 0) is 11.3 Å². The molecule has 1 aliphatic heterocycles. The topological polar surface area (TPSA) is 109 Å². The summed E-state index contributed by atoms with van der Waals surface area (Å²) in [5.74, 6) is -2.17. The normalized spacial score (nSPS) is 14.5. The van der Waals surface area contributed by atoms with Crippen molar-refractivity contribution in [3.8, 4) is 11.5 Å². The van der Waals surface area contributed by atoms with Gasteiger partial charge in [0.2, 0.25) is 11.9 Å². The summed E-state index contributed by atoms with van der Waals surface area (Å²) in [4.78, 5) is 36.9. The van der Waals surface area contributed by atoms with Gasteiger partial charge in [0.15, 0.2) is 23.1 Å². The van der Waals surface area contributed by atoms with Gasteiger partial charge in [-0.2, -0.15) is 4.98 Å². The van der Waals surface area contributed by atoms with Crippen LogP contribution in [0, 0.1) is 17.6 Å². The number of fused-ring (bicyclic) bond motifs is 1. The number of ether oxygens (including phenoxy) is 2. The van der Waals surface area contributed by atoms with Gasteiger partial charge in [-0.15, -0.1) is 0 Å². The van der Waals surface area contributed by atoms with Gasteiger partial charge >= 0.3 is 6.03 Å². The highest BCUT2D eigenvalue weighted by Gasteiger charge is 2.40. The Bertz CT molecular complexity index is 1430. The fourth-order valence-corrected chi connectivity index (χ4v) is 4.29. The van der Waals surface area contributed by atoms with E-state index in [1.54, 1.807) is 24.3 Å². The number of amides is 3. The molecule has 10 nitrogen and oxygen atoms in total. The fraction of sp³-hybridized carbons (Fsp3) is 0.259. The maximum atomic E-state index is 15.3. The predicted molar refractivity (Wildman–Crippen MR) is 142 cm³/mol. The lowest BCUT2D eigenvalue weighted by Crippen LogP contribution is -2.49. The monoisotopic (exact) mass is 536 g/mol. The highest BCUT2D eigenvalue weighted by Crippen LogP contribution is 2.42. The summed E-state index contributed by atoms with van der Waals surface area (Å²) >= 11 is 0. The third-order valence-electron chi connectivity index (χ3n) is 6.46. The second-order valence-electron chi connectivity index (χ2n) is 9.09. The molecule has 0 spiro atoms. The quantitative estimate of drug-likeness (QED) is 0.371. The molecule has 3 aromatic rings. The summed E-state index contributed by atoms with van der Waals surface area (Å²) in [6, 6.07) is 7.43. The number of anilines is 5. The SMILES string of the molecule is C=CC(=O)Nc1ccccc1Nc1ncc2c(n1)N(CC1CC1)C(=O)N(c1c(F)c(OC)cc(OC)c1F)C2. The van der Waals surface area contributed by atoms with Crippen LogP contribution in [0.3, 0.4) is 0 Å². The first-order valence-electron chi connectivity index (χ1n) is 12.2. The van der Waals surface area contributed by atoms with Crippen molar-refractivity contribution in [3.05, 3.63) is 66.4 Å². The van der Waals surface area contributed by atoms with E-state index in [9.17, 15) is 9.59 Å². The average Bonchev–Trinajstić information content (AvgIpc) is 3.76. The largest absolute Gasteiger partial charge is 0.493 e. The van der Waals surface area contributed by atoms with Crippen molar-refractivity contribution >= 4 is 40.8 Å². The lowest BCUT2D eigenvalue weighted by molar-refractivity contribution is -0.111. The fourth-order valence-electron chi connectivity index (χ4n) is 4.29. The summed E-state index contributed by atoms with van der Waals surface area (Å²) in [6.07, 6.45) is 4.52. The van der Waals surface area contributed by atoms with E-state index in [0.717, 1.165) is 29.9 Å². The maximum Gasteiger partial charge on any atom is 0.330 e. The molecule has 1 saturated carbocycles. The number of hydrogen-bond donors (Lipinski definition) is 2. The molecule has 2 heterocycles. The Morgan fingerprint density at radius 2 is 1.82 bits per heavy atom. The van der Waals surface area contributed by atoms with Crippen molar-refractivity contribution in [1.82, 2.24) is 9.97 Å². The summed E-state index contributed by atoms with van der Waals surface area (Å²) < 4.78 is 40.8. The number of rotatable bonds is 9. The molecule has 0 atom stereocenters. The smallest absolute Gasteiger partial charge is 0.330 e. The molecule has 1 aliphatic carbocycles. The highest BCUT2D eigenvalue weighted by atomic mass is 19.1. The van der Waals surface area contributed by atoms with Crippen LogP contribution >= 0.6 is 0 Å². The van der Waals surface area contributed by atoms with Crippen LogP contribution in [0.1, 0.15) is 18.4 Å². The number of aromatic nitrogens is 2. The van der Waals surface area contributed by atoms with Crippen molar-refractivity contribution in [2.75, 3.05) is 41.2 Å². The van der Waals surface area contributed by atoms with E-state index >= 15 is 8.78 Å². The van der Waals surface area contributed by atoms with E-state index in [4.69, 9.17) is 9.47 Å². The Labute approximate surface area is 223 Å². The van der Waals surface area contributed by atoms with Crippen LogP contribution in [0.15, 0.2) is 49.2 Å². The van der Waals surface area contributed by atoms with Crippen LogP contribution in [-0.4, -0.2) is 42.7 Å². The van der Waals surface area contributed by atoms with E-state index in [2.05, 4.69) is 27.2 Å². The van der Waals surface area contributed by atoms with Gasteiger partial charge in [0, 0.05) is 24.4 Å². The van der Waals surface area contributed by atoms with Crippen LogP contribution in [0.5, 0.6) is 11.5 Å². The van der Waals surface area contributed by atoms with Gasteiger partial charge in [-0.3, -0.25) is 14.6 Å². The minimum Gasteiger partial charge on any atom is -0.493 e. The van der Waals surface area contributed by atoms with Crippen LogP contribution < -0.4 is 29.9 Å². The minimum atomic E-state index is -1.02. The second-order valence-corrected chi connectivity index (χ2v) is 9.09. The van der Waals surface area contributed by atoms with Gasteiger partial charge in [0.25, 0.3) is 0 Å². The van der Waals surface area contributed by atoms with Crippen molar-refractivity contribution in [1.29, 1.82) is 0 Å². The van der Waals surface area contributed by atoms with Gasteiger partial charge in [-0.1, -0.05) is 18.7 Å². The first-order valence-corrected chi connectivity index (χ1v) is 12.2. The zero-order valence-electron chi connectivity index (χ0n) is 21.3. The Kier molecular flexibility index (Phi) is 7.01. The van der Waals surface area contributed by atoms with Crippen LogP contribution in [0.4, 0.5) is 42.4 Å². The molecule has 202 valence electrons. The molecule has 0 bridgehead atoms. The Morgan fingerprint density at radius 3 is 2.44 bits per heavy atom. The Balaban J connectivity index is 1.53. The number of methoxy groups -OCH3 is 2. The maximum absolute atomic E-state index is 15.3. The molecule has 3 amide bonds. The van der Waals surface area contributed by atoms with Crippen molar-refractivity contribution in [2.45, 2.75) is 19.4 Å². The number of urea groups is 1.